The summed E-state index contributed by atoms with van der Waals surface area (Å²) in [5.74, 6) is 0.132. The van der Waals surface area contributed by atoms with Crippen LogP contribution in [-0.2, 0) is 23.9 Å². The molecule has 0 unspecified atom stereocenters. The number of methoxy groups -OCH3 is 2. The molecule has 1 amide bonds. The molecule has 3 aliphatic rings. The molecule has 2 aromatic rings. The maximum atomic E-state index is 13.8. The van der Waals surface area contributed by atoms with Gasteiger partial charge in [-0.05, 0) is 49.8 Å². The predicted octanol–water partition coefficient (Wildman–Crippen LogP) is 5.17. The van der Waals surface area contributed by atoms with Crippen LogP contribution in [-0.4, -0.2) is 73.3 Å². The van der Waals surface area contributed by atoms with Gasteiger partial charge in [-0.1, -0.05) is 48.2 Å². The van der Waals surface area contributed by atoms with Gasteiger partial charge in [-0.2, -0.15) is 0 Å². The zero-order valence-corrected chi connectivity index (χ0v) is 26.2. The molecule has 0 saturated carbocycles. The Labute approximate surface area is 261 Å². The van der Waals surface area contributed by atoms with Crippen LogP contribution in [0.15, 0.2) is 70.2 Å². The normalized spacial score (nSPS) is 18.3. The van der Waals surface area contributed by atoms with Gasteiger partial charge in [0.15, 0.2) is 16.7 Å². The van der Waals surface area contributed by atoms with Crippen LogP contribution in [0.2, 0.25) is 0 Å². The number of nitrogens with zero attached hydrogens (tertiary/aromatic N) is 3. The van der Waals surface area contributed by atoms with Gasteiger partial charge in [0.25, 0.3) is 0 Å². The van der Waals surface area contributed by atoms with Crippen molar-refractivity contribution in [2.75, 3.05) is 40.5 Å². The van der Waals surface area contributed by atoms with Crippen LogP contribution in [0.1, 0.15) is 50.3 Å². The molecule has 1 saturated heterocycles. The third-order valence-corrected chi connectivity index (χ3v) is 8.76. The van der Waals surface area contributed by atoms with E-state index in [1.54, 1.807) is 39.0 Å². The highest BCUT2D eigenvalue weighted by Gasteiger charge is 2.43. The van der Waals surface area contributed by atoms with Gasteiger partial charge in [-0.15, -0.1) is 0 Å². The van der Waals surface area contributed by atoms with E-state index in [0.29, 0.717) is 60.5 Å². The van der Waals surface area contributed by atoms with Crippen molar-refractivity contribution >= 4 is 40.5 Å². The summed E-state index contributed by atoms with van der Waals surface area (Å²) in [5.41, 5.74) is 3.14. The monoisotopic (exact) mass is 619 g/mol. The molecule has 44 heavy (non-hydrogen) atoms. The number of hydrogen-bond acceptors (Lipinski definition) is 10. The van der Waals surface area contributed by atoms with Gasteiger partial charge in [0.1, 0.15) is 0 Å². The number of esters is 2. The van der Waals surface area contributed by atoms with E-state index in [4.69, 9.17) is 23.9 Å². The van der Waals surface area contributed by atoms with Crippen LogP contribution in [0.3, 0.4) is 0 Å². The van der Waals surface area contributed by atoms with Gasteiger partial charge >= 0.3 is 11.9 Å². The maximum absolute atomic E-state index is 13.8. The van der Waals surface area contributed by atoms with Crippen molar-refractivity contribution in [2.24, 2.45) is 10.9 Å². The summed E-state index contributed by atoms with van der Waals surface area (Å²) in [4.78, 5) is 48.3. The third kappa shape index (κ3) is 6.33. The molecule has 0 aromatic heterocycles. The summed E-state index contributed by atoms with van der Waals surface area (Å²) in [7, 11) is 3.13. The zero-order valence-electron chi connectivity index (χ0n) is 25.4. The number of carbonyl (C=O) groups is 3. The van der Waals surface area contributed by atoms with Gasteiger partial charge in [0.05, 0.1) is 57.1 Å². The van der Waals surface area contributed by atoms with Gasteiger partial charge in [0.2, 0.25) is 5.91 Å². The molecular weight excluding hydrogens is 582 g/mol. The fraction of sp³-hybridized carbons (Fsp3) is 0.394. The van der Waals surface area contributed by atoms with Gasteiger partial charge in [-0.3, -0.25) is 9.59 Å². The first-order chi connectivity index (χ1) is 21.4. The maximum Gasteiger partial charge on any atom is 0.338 e. The highest BCUT2D eigenvalue weighted by molar-refractivity contribution is 8.16. The molecule has 1 fully saturated rings. The summed E-state index contributed by atoms with van der Waals surface area (Å²) in [5, 5.41) is 2.58. The fourth-order valence-corrected chi connectivity index (χ4v) is 6.64. The summed E-state index contributed by atoms with van der Waals surface area (Å²) < 4.78 is 21.9. The number of amides is 1. The average molecular weight is 620 g/mol. The molecule has 0 aliphatic carbocycles. The highest BCUT2D eigenvalue weighted by Crippen LogP contribution is 2.48. The van der Waals surface area contributed by atoms with E-state index < -0.39 is 12.0 Å². The molecule has 0 spiro atoms. The van der Waals surface area contributed by atoms with E-state index in [9.17, 15) is 14.4 Å². The third-order valence-electron chi connectivity index (χ3n) is 7.88. The number of fused-ring (bicyclic) bond motifs is 1. The van der Waals surface area contributed by atoms with Crippen LogP contribution in [0.5, 0.6) is 11.5 Å². The first-order valence-electron chi connectivity index (χ1n) is 14.8. The number of carbonyl (C=O) groups excluding carboxylic acids is 3. The van der Waals surface area contributed by atoms with Crippen molar-refractivity contribution in [1.82, 2.24) is 9.80 Å². The van der Waals surface area contributed by atoms with Gasteiger partial charge in [0, 0.05) is 24.4 Å². The van der Waals surface area contributed by atoms with E-state index >= 15 is 0 Å². The standard InChI is InChI=1S/C33H37N3O7S/c1-5-42-31(38)22-14-16-35(17-15-22)27(37)19-24-20-44-33-34-29(21-10-8-7-9-11-21)28(32(39)43-6-2)30(36(24)33)23-12-13-25(40-3)26(18-23)41-4/h7-13,18,20,22,30H,5-6,14-17,19H2,1-4H3/t30-/m1/s1. The molecule has 10 nitrogen and oxygen atoms in total. The van der Waals surface area contributed by atoms with E-state index in [-0.39, 0.29) is 30.8 Å². The van der Waals surface area contributed by atoms with Crippen LogP contribution in [0.4, 0.5) is 0 Å². The second kappa shape index (κ2) is 14.0. The lowest BCUT2D eigenvalue weighted by molar-refractivity contribution is -0.151. The number of hydrogen-bond donors (Lipinski definition) is 0. The minimum absolute atomic E-state index is 0.0537. The molecule has 0 radical (unpaired) electrons. The first-order valence-corrected chi connectivity index (χ1v) is 15.6. The summed E-state index contributed by atoms with van der Waals surface area (Å²) in [6.07, 6.45) is 1.25. The molecular formula is C33H37N3O7S. The SMILES string of the molecule is CCOC(=O)C1=C(c2ccccc2)N=C2SC=C(CC(=O)N3CCC(C(=O)OCC)CC3)N2[C@@H]1c1ccc(OC)c(OC)c1. The molecule has 5 rings (SSSR count). The highest BCUT2D eigenvalue weighted by atomic mass is 32.2. The number of rotatable bonds is 10. The molecule has 232 valence electrons. The Bertz CT molecular complexity index is 1500. The molecule has 11 heteroatoms. The Morgan fingerprint density at radius 2 is 1.64 bits per heavy atom. The lowest BCUT2D eigenvalue weighted by Crippen LogP contribution is -2.42. The molecule has 3 heterocycles. The van der Waals surface area contributed by atoms with Crippen molar-refractivity contribution in [3.63, 3.8) is 0 Å². The van der Waals surface area contributed by atoms with Gasteiger partial charge < -0.3 is 28.7 Å². The minimum atomic E-state index is -0.653. The molecule has 0 bridgehead atoms. The number of likely N-dealkylation sites (tertiary alicyclic amines) is 1. The molecule has 2 aromatic carbocycles. The van der Waals surface area contributed by atoms with Gasteiger partial charge in [-0.25, -0.2) is 9.79 Å². The predicted molar refractivity (Wildman–Crippen MR) is 168 cm³/mol. The average Bonchev–Trinajstić information content (AvgIpc) is 3.46. The molecule has 1 atom stereocenters. The Hall–Kier alpha value is -4.25. The van der Waals surface area contributed by atoms with Crippen molar-refractivity contribution in [1.29, 1.82) is 0 Å². The van der Waals surface area contributed by atoms with Crippen molar-refractivity contribution in [3.05, 3.63) is 76.3 Å². The number of piperidine rings is 1. The van der Waals surface area contributed by atoms with Crippen molar-refractivity contribution in [3.8, 4) is 11.5 Å². The Kier molecular flexibility index (Phi) is 9.94. The fourth-order valence-electron chi connectivity index (χ4n) is 5.72. The van der Waals surface area contributed by atoms with E-state index in [0.717, 1.165) is 16.8 Å². The second-order valence-electron chi connectivity index (χ2n) is 10.4. The summed E-state index contributed by atoms with van der Waals surface area (Å²) in [6.45, 7) is 5.06. The summed E-state index contributed by atoms with van der Waals surface area (Å²) in [6, 6.07) is 14.4. The number of aliphatic imine (C=N–C) groups is 1. The molecule has 3 aliphatic heterocycles. The number of amidine groups is 1. The zero-order chi connectivity index (χ0) is 31.2. The number of ether oxygens (including phenoxy) is 4. The van der Waals surface area contributed by atoms with Crippen LogP contribution in [0.25, 0.3) is 5.70 Å². The smallest absolute Gasteiger partial charge is 0.338 e. The van der Waals surface area contributed by atoms with Crippen molar-refractivity contribution < 1.29 is 33.3 Å². The van der Waals surface area contributed by atoms with Crippen molar-refractivity contribution in [2.45, 2.75) is 39.2 Å². The largest absolute Gasteiger partial charge is 0.493 e. The Balaban J connectivity index is 1.51. The summed E-state index contributed by atoms with van der Waals surface area (Å²) >= 11 is 1.41. The number of benzene rings is 2. The van der Waals surface area contributed by atoms with E-state index in [1.165, 1.54) is 11.8 Å². The van der Waals surface area contributed by atoms with Crippen LogP contribution < -0.4 is 9.47 Å². The van der Waals surface area contributed by atoms with Crippen LogP contribution in [0, 0.1) is 5.92 Å². The second-order valence-corrected chi connectivity index (χ2v) is 11.3. The Morgan fingerprint density at radius 3 is 2.30 bits per heavy atom. The molecule has 0 N–H and O–H groups in total. The first kappa shape index (κ1) is 31.2. The minimum Gasteiger partial charge on any atom is -0.493 e. The Morgan fingerprint density at radius 1 is 0.932 bits per heavy atom. The quantitative estimate of drug-likeness (QED) is 0.333. The van der Waals surface area contributed by atoms with E-state index in [2.05, 4.69) is 0 Å². The number of thioether (sulfide) groups is 1. The lowest BCUT2D eigenvalue weighted by Gasteiger charge is -2.37. The van der Waals surface area contributed by atoms with E-state index in [1.807, 2.05) is 52.8 Å². The topological polar surface area (TPSA) is 107 Å². The lowest BCUT2D eigenvalue weighted by atomic mass is 9.91. The van der Waals surface area contributed by atoms with Crippen LogP contribution >= 0.6 is 11.8 Å².